The van der Waals surface area contributed by atoms with E-state index in [1.54, 1.807) is 0 Å². The van der Waals surface area contributed by atoms with Crippen LogP contribution in [-0.2, 0) is 14.3 Å². The lowest BCUT2D eigenvalue weighted by atomic mass is 10.0. The molecule has 1 N–H and O–H groups in total. The molecule has 0 aromatic rings. The monoisotopic (exact) mass is 492 g/mol. The van der Waals surface area contributed by atoms with E-state index in [0.717, 1.165) is 38.5 Å². The smallest absolute Gasteiger partial charge is 0.307 e. The predicted molar refractivity (Wildman–Crippen MR) is 149 cm³/mol. The van der Waals surface area contributed by atoms with E-state index >= 15 is 0 Å². The second-order valence-corrected chi connectivity index (χ2v) is 9.95. The third-order valence-corrected chi connectivity index (χ3v) is 6.41. The highest BCUT2D eigenvalue weighted by Gasteiger charge is 2.17. The molecule has 1 unspecified atom stereocenters. The zero-order valence-corrected chi connectivity index (χ0v) is 23.1. The van der Waals surface area contributed by atoms with Gasteiger partial charge in [-0.1, -0.05) is 115 Å². The number of carboxylic acids is 1. The number of unbranched alkanes of at least 4 members (excludes halogenated alkanes) is 15. The fraction of sp³-hybridized carbons (Fsp3) is 0.806. The summed E-state index contributed by atoms with van der Waals surface area (Å²) in [4.78, 5) is 23.2. The van der Waals surface area contributed by atoms with Gasteiger partial charge in [-0.3, -0.25) is 9.59 Å². The Morgan fingerprint density at radius 3 is 1.74 bits per heavy atom. The maximum atomic E-state index is 12.1. The van der Waals surface area contributed by atoms with Gasteiger partial charge in [-0.25, -0.2) is 0 Å². The maximum Gasteiger partial charge on any atom is 0.307 e. The van der Waals surface area contributed by atoms with Crippen LogP contribution >= 0.6 is 0 Å². The summed E-state index contributed by atoms with van der Waals surface area (Å²) in [6, 6.07) is 0. The molecule has 1 atom stereocenters. The maximum absolute atomic E-state index is 12.1. The summed E-state index contributed by atoms with van der Waals surface area (Å²) in [7, 11) is 0. The minimum Gasteiger partial charge on any atom is -0.481 e. The zero-order valence-electron chi connectivity index (χ0n) is 23.1. The first kappa shape index (κ1) is 33.4. The number of hydrogen-bond donors (Lipinski definition) is 1. The van der Waals surface area contributed by atoms with Crippen LogP contribution in [0.3, 0.4) is 0 Å². The first-order chi connectivity index (χ1) is 17.1. The number of ether oxygens (including phenoxy) is 1. The van der Waals surface area contributed by atoms with Crippen LogP contribution in [0.25, 0.3) is 0 Å². The molecule has 0 rings (SSSR count). The van der Waals surface area contributed by atoms with Gasteiger partial charge in [0.15, 0.2) is 0 Å². The fourth-order valence-electron chi connectivity index (χ4n) is 4.23. The summed E-state index contributed by atoms with van der Waals surface area (Å²) in [6.07, 6.45) is 32.0. The molecule has 0 aromatic heterocycles. The van der Waals surface area contributed by atoms with Crippen LogP contribution in [0.4, 0.5) is 0 Å². The van der Waals surface area contributed by atoms with Crippen molar-refractivity contribution in [2.24, 2.45) is 0 Å². The van der Waals surface area contributed by atoms with E-state index in [-0.39, 0.29) is 12.4 Å². The molecular formula is C31H56O4. The van der Waals surface area contributed by atoms with E-state index in [1.165, 1.54) is 83.5 Å². The second kappa shape index (κ2) is 27.0. The number of esters is 1. The first-order valence-electron chi connectivity index (χ1n) is 14.8. The molecule has 0 amide bonds. The minimum absolute atomic E-state index is 0.0777. The molecule has 0 fully saturated rings. The van der Waals surface area contributed by atoms with E-state index in [4.69, 9.17) is 9.84 Å². The largest absolute Gasteiger partial charge is 0.481 e. The van der Waals surface area contributed by atoms with E-state index in [9.17, 15) is 9.59 Å². The van der Waals surface area contributed by atoms with Crippen LogP contribution in [0, 0.1) is 0 Å². The van der Waals surface area contributed by atoms with E-state index in [2.05, 4.69) is 38.2 Å². The van der Waals surface area contributed by atoms with Crippen LogP contribution in [0.2, 0.25) is 0 Å². The van der Waals surface area contributed by atoms with Crippen LogP contribution in [0.15, 0.2) is 24.3 Å². The Balaban J connectivity index is 3.65. The average molecular weight is 493 g/mol. The molecule has 0 aromatic carbocycles. The van der Waals surface area contributed by atoms with Gasteiger partial charge in [0.25, 0.3) is 0 Å². The molecule has 0 saturated heterocycles. The minimum atomic E-state index is -0.890. The molecule has 0 saturated carbocycles. The van der Waals surface area contributed by atoms with Gasteiger partial charge in [0.2, 0.25) is 0 Å². The Bertz CT molecular complexity index is 538. The van der Waals surface area contributed by atoms with Gasteiger partial charge in [0.05, 0.1) is 6.42 Å². The average Bonchev–Trinajstić information content (AvgIpc) is 2.82. The number of carbonyl (C=O) groups excluding carboxylic acids is 1. The van der Waals surface area contributed by atoms with Crippen LogP contribution < -0.4 is 0 Å². The van der Waals surface area contributed by atoms with Gasteiger partial charge >= 0.3 is 11.9 Å². The van der Waals surface area contributed by atoms with E-state index in [1.807, 2.05) is 0 Å². The summed E-state index contributed by atoms with van der Waals surface area (Å²) in [6.45, 7) is 4.43. The Hall–Kier alpha value is -1.58. The highest BCUT2D eigenvalue weighted by Crippen LogP contribution is 2.15. The number of aliphatic carboxylic acids is 1. The number of allylic oxidation sites excluding steroid dienone is 4. The summed E-state index contributed by atoms with van der Waals surface area (Å²) >= 11 is 0. The molecule has 204 valence electrons. The van der Waals surface area contributed by atoms with E-state index in [0.29, 0.717) is 12.8 Å². The molecule has 0 aliphatic rings. The third kappa shape index (κ3) is 26.9. The SMILES string of the molecule is CCCCC/C=C\C/C=C\CCCCCCCCCC(=O)OC(CCCCCCCC)CC(=O)O. The third-order valence-electron chi connectivity index (χ3n) is 6.41. The highest BCUT2D eigenvalue weighted by atomic mass is 16.5. The lowest BCUT2D eigenvalue weighted by Gasteiger charge is -2.16. The highest BCUT2D eigenvalue weighted by molar-refractivity contribution is 5.71. The van der Waals surface area contributed by atoms with Crippen molar-refractivity contribution in [1.29, 1.82) is 0 Å². The van der Waals surface area contributed by atoms with Gasteiger partial charge in [0.1, 0.15) is 6.10 Å². The molecule has 0 aliphatic heterocycles. The van der Waals surface area contributed by atoms with Crippen LogP contribution in [0.1, 0.15) is 155 Å². The molecule has 0 aliphatic carbocycles. The normalized spacial score (nSPS) is 12.5. The van der Waals surface area contributed by atoms with Crippen molar-refractivity contribution in [3.8, 4) is 0 Å². The summed E-state index contributed by atoms with van der Waals surface area (Å²) in [5, 5.41) is 9.10. The number of rotatable bonds is 26. The first-order valence-corrected chi connectivity index (χ1v) is 14.8. The van der Waals surface area contributed by atoms with Gasteiger partial charge in [-0.05, 0) is 51.4 Å². The van der Waals surface area contributed by atoms with Crippen molar-refractivity contribution < 1.29 is 19.4 Å². The molecule has 0 radical (unpaired) electrons. The van der Waals surface area contributed by atoms with Crippen molar-refractivity contribution in [2.75, 3.05) is 0 Å². The number of carboxylic acid groups (broad SMARTS) is 1. The predicted octanol–water partition coefficient (Wildman–Crippen LogP) is 9.72. The van der Waals surface area contributed by atoms with Crippen molar-refractivity contribution in [3.63, 3.8) is 0 Å². The second-order valence-electron chi connectivity index (χ2n) is 9.95. The van der Waals surface area contributed by atoms with Gasteiger partial charge in [-0.2, -0.15) is 0 Å². The quantitative estimate of drug-likeness (QED) is 0.0741. The summed E-state index contributed by atoms with van der Waals surface area (Å²) in [5.74, 6) is -1.12. The molecule has 4 nitrogen and oxygen atoms in total. The van der Waals surface area contributed by atoms with Crippen LogP contribution in [-0.4, -0.2) is 23.1 Å². The standard InChI is InChI=1S/C31H56O4/c1-3-5-7-9-11-12-13-14-15-16-17-18-19-20-21-23-25-27-31(34)35-29(28-30(32)33)26-24-22-10-8-6-4-2/h11-12,14-15,29H,3-10,13,16-28H2,1-2H3,(H,32,33)/b12-11-,15-14-. The van der Waals surface area contributed by atoms with Crippen molar-refractivity contribution in [3.05, 3.63) is 24.3 Å². The van der Waals surface area contributed by atoms with Gasteiger partial charge in [-0.15, -0.1) is 0 Å². The molecule has 35 heavy (non-hydrogen) atoms. The lowest BCUT2D eigenvalue weighted by Crippen LogP contribution is -2.21. The van der Waals surface area contributed by atoms with Crippen molar-refractivity contribution >= 4 is 11.9 Å². The number of hydrogen-bond acceptors (Lipinski definition) is 3. The Labute approximate surface area is 217 Å². The Morgan fingerprint density at radius 1 is 0.657 bits per heavy atom. The van der Waals surface area contributed by atoms with Crippen molar-refractivity contribution in [2.45, 2.75) is 161 Å². The Kier molecular flexibility index (Phi) is 25.8. The number of carbonyl (C=O) groups is 2. The van der Waals surface area contributed by atoms with Gasteiger partial charge < -0.3 is 9.84 Å². The molecule has 0 bridgehead atoms. The molecule has 0 heterocycles. The summed E-state index contributed by atoms with van der Waals surface area (Å²) < 4.78 is 5.49. The topological polar surface area (TPSA) is 63.6 Å². The Morgan fingerprint density at radius 2 is 1.14 bits per heavy atom. The molecule has 0 spiro atoms. The summed E-state index contributed by atoms with van der Waals surface area (Å²) in [5.41, 5.74) is 0. The molecule has 4 heteroatoms. The van der Waals surface area contributed by atoms with Gasteiger partial charge in [0, 0.05) is 6.42 Å². The fourth-order valence-corrected chi connectivity index (χ4v) is 4.23. The molecular weight excluding hydrogens is 436 g/mol. The van der Waals surface area contributed by atoms with Crippen LogP contribution in [0.5, 0.6) is 0 Å². The lowest BCUT2D eigenvalue weighted by molar-refractivity contribution is -0.153. The van der Waals surface area contributed by atoms with E-state index < -0.39 is 12.1 Å². The zero-order chi connectivity index (χ0) is 25.8. The van der Waals surface area contributed by atoms with Crippen molar-refractivity contribution in [1.82, 2.24) is 0 Å².